The van der Waals surface area contributed by atoms with E-state index in [0.717, 1.165) is 12.1 Å². The molecule has 2 rings (SSSR count). The number of nitrogens with zero attached hydrogens (tertiary/aromatic N) is 2. The first-order valence-corrected chi connectivity index (χ1v) is 6.92. The smallest absolute Gasteiger partial charge is 0.263 e. The highest BCUT2D eigenvalue weighted by Crippen LogP contribution is 2.32. The van der Waals surface area contributed by atoms with Crippen molar-refractivity contribution in [3.8, 4) is 6.07 Å². The summed E-state index contributed by atoms with van der Waals surface area (Å²) in [4.78, 5) is 14.0. The van der Waals surface area contributed by atoms with Gasteiger partial charge < -0.3 is 15.0 Å². The van der Waals surface area contributed by atoms with Crippen molar-refractivity contribution in [2.45, 2.75) is 19.4 Å². The molecule has 0 bridgehead atoms. The highest BCUT2D eigenvalue weighted by molar-refractivity contribution is 5.97. The largest absolute Gasteiger partial charge is 0.383 e. The molecule has 1 atom stereocenters. The van der Waals surface area contributed by atoms with Gasteiger partial charge in [-0.1, -0.05) is 18.2 Å². The maximum Gasteiger partial charge on any atom is 0.263 e. The van der Waals surface area contributed by atoms with Crippen molar-refractivity contribution < 1.29 is 9.53 Å². The molecule has 110 valence electrons. The normalized spacial score (nSPS) is 17.3. The second-order valence-corrected chi connectivity index (χ2v) is 4.99. The molecular weight excluding hydrogens is 266 g/mol. The molecule has 1 N–H and O–H groups in total. The van der Waals surface area contributed by atoms with Crippen LogP contribution in [0.15, 0.2) is 36.0 Å². The number of hydrogen-bond donors (Lipinski definition) is 1. The van der Waals surface area contributed by atoms with Crippen LogP contribution in [0.4, 0.5) is 5.69 Å². The van der Waals surface area contributed by atoms with E-state index in [1.54, 1.807) is 13.3 Å². The van der Waals surface area contributed by atoms with Gasteiger partial charge in [0.15, 0.2) is 0 Å². The Morgan fingerprint density at radius 2 is 2.33 bits per heavy atom. The zero-order valence-corrected chi connectivity index (χ0v) is 12.3. The molecule has 0 saturated heterocycles. The van der Waals surface area contributed by atoms with Crippen LogP contribution in [-0.4, -0.2) is 32.2 Å². The van der Waals surface area contributed by atoms with E-state index in [1.165, 1.54) is 5.56 Å². The van der Waals surface area contributed by atoms with Crippen LogP contribution in [0.25, 0.3) is 0 Å². The Labute approximate surface area is 124 Å². The zero-order valence-electron chi connectivity index (χ0n) is 12.3. The quantitative estimate of drug-likeness (QED) is 0.507. The van der Waals surface area contributed by atoms with Crippen LogP contribution in [0.3, 0.4) is 0 Å². The summed E-state index contributed by atoms with van der Waals surface area (Å²) in [6.45, 7) is 2.89. The molecule has 0 aromatic heterocycles. The fourth-order valence-corrected chi connectivity index (χ4v) is 2.43. The first-order valence-electron chi connectivity index (χ1n) is 6.92. The molecular formula is C16H19N3O2. The lowest BCUT2D eigenvalue weighted by atomic mass is 10.1. The molecule has 0 aliphatic carbocycles. The Bertz CT molecular complexity index is 589. The van der Waals surface area contributed by atoms with E-state index in [0.29, 0.717) is 13.2 Å². The number of ether oxygens (including phenoxy) is 1. The first-order chi connectivity index (χ1) is 10.2. The number of rotatable bonds is 5. The number of methoxy groups -OCH3 is 1. The van der Waals surface area contributed by atoms with Crippen molar-refractivity contribution in [1.29, 1.82) is 5.26 Å². The van der Waals surface area contributed by atoms with Gasteiger partial charge in [0.25, 0.3) is 5.91 Å². The zero-order chi connectivity index (χ0) is 15.2. The fraction of sp³-hybridized carbons (Fsp3) is 0.375. The molecule has 1 aromatic rings. The minimum Gasteiger partial charge on any atom is -0.383 e. The predicted octanol–water partition coefficient (Wildman–Crippen LogP) is 1.61. The van der Waals surface area contributed by atoms with Gasteiger partial charge >= 0.3 is 0 Å². The molecule has 1 amide bonds. The lowest BCUT2D eigenvalue weighted by Gasteiger charge is -2.20. The van der Waals surface area contributed by atoms with E-state index in [9.17, 15) is 10.1 Å². The Morgan fingerprint density at radius 1 is 1.57 bits per heavy atom. The third-order valence-corrected chi connectivity index (χ3v) is 3.48. The lowest BCUT2D eigenvalue weighted by molar-refractivity contribution is -0.117. The van der Waals surface area contributed by atoms with Crippen molar-refractivity contribution in [3.63, 3.8) is 0 Å². The molecule has 5 nitrogen and oxygen atoms in total. The van der Waals surface area contributed by atoms with Crippen LogP contribution < -0.4 is 10.2 Å². The maximum atomic E-state index is 12.0. The minimum absolute atomic E-state index is 0.106. The Morgan fingerprint density at radius 3 is 3.05 bits per heavy atom. The van der Waals surface area contributed by atoms with Crippen molar-refractivity contribution in [2.75, 3.05) is 25.2 Å². The topological polar surface area (TPSA) is 65.4 Å². The van der Waals surface area contributed by atoms with Gasteiger partial charge in [0, 0.05) is 31.6 Å². The van der Waals surface area contributed by atoms with E-state index in [4.69, 9.17) is 4.74 Å². The number of hydrogen-bond acceptors (Lipinski definition) is 4. The molecule has 1 unspecified atom stereocenters. The average molecular weight is 285 g/mol. The molecule has 0 fully saturated rings. The third kappa shape index (κ3) is 3.41. The molecule has 1 heterocycles. The molecule has 1 aliphatic rings. The summed E-state index contributed by atoms with van der Waals surface area (Å²) in [5, 5.41) is 11.9. The molecule has 1 aliphatic heterocycles. The highest BCUT2D eigenvalue weighted by atomic mass is 16.5. The number of benzene rings is 1. The first kappa shape index (κ1) is 15.1. The molecule has 21 heavy (non-hydrogen) atoms. The van der Waals surface area contributed by atoms with Gasteiger partial charge in [0.2, 0.25) is 0 Å². The van der Waals surface area contributed by atoms with Crippen molar-refractivity contribution in [3.05, 3.63) is 41.6 Å². The maximum absolute atomic E-state index is 12.0. The summed E-state index contributed by atoms with van der Waals surface area (Å²) in [6.07, 6.45) is 2.55. The average Bonchev–Trinajstić information content (AvgIpc) is 2.80. The van der Waals surface area contributed by atoms with E-state index in [-0.39, 0.29) is 17.5 Å². The number of carbonyl (C=O) groups excluding carboxylic acids is 1. The predicted molar refractivity (Wildman–Crippen MR) is 80.7 cm³/mol. The molecule has 1 aromatic carbocycles. The van der Waals surface area contributed by atoms with Crippen LogP contribution >= 0.6 is 0 Å². The summed E-state index contributed by atoms with van der Waals surface area (Å²) in [6, 6.07) is 10.3. The summed E-state index contributed by atoms with van der Waals surface area (Å²) >= 11 is 0. The van der Waals surface area contributed by atoms with Gasteiger partial charge in [-0.2, -0.15) is 5.26 Å². The standard InChI is InChI=1S/C16H19N3O2/c1-12-9-13-5-3-4-6-15(13)19(12)11-14(10-17)16(20)18-7-8-21-2/h3-6,11-12H,7-9H2,1-2H3,(H,18,20)/b14-11-. The number of nitrogens with one attached hydrogen (secondary N) is 1. The van der Waals surface area contributed by atoms with E-state index >= 15 is 0 Å². The monoisotopic (exact) mass is 285 g/mol. The summed E-state index contributed by atoms with van der Waals surface area (Å²) in [7, 11) is 1.57. The van der Waals surface area contributed by atoms with Gasteiger partial charge in [0.05, 0.1) is 6.61 Å². The molecule has 5 heteroatoms. The Hall–Kier alpha value is -2.32. The van der Waals surface area contributed by atoms with Crippen LogP contribution in [0.2, 0.25) is 0 Å². The van der Waals surface area contributed by atoms with E-state index < -0.39 is 0 Å². The Kier molecular flexibility index (Phi) is 4.96. The van der Waals surface area contributed by atoms with Crippen LogP contribution in [0.1, 0.15) is 12.5 Å². The Balaban J connectivity index is 2.17. The van der Waals surface area contributed by atoms with Crippen LogP contribution in [0, 0.1) is 11.3 Å². The summed E-state index contributed by atoms with van der Waals surface area (Å²) in [5.74, 6) is -0.369. The van der Waals surface area contributed by atoms with E-state index in [1.807, 2.05) is 29.2 Å². The highest BCUT2D eigenvalue weighted by Gasteiger charge is 2.25. The SMILES string of the molecule is COCCNC(=O)/C(C#N)=C\N1c2ccccc2CC1C. The lowest BCUT2D eigenvalue weighted by Crippen LogP contribution is -2.30. The number of nitriles is 1. The van der Waals surface area contributed by atoms with Crippen molar-refractivity contribution in [2.24, 2.45) is 0 Å². The number of fused-ring (bicyclic) bond motifs is 1. The van der Waals surface area contributed by atoms with Crippen LogP contribution in [-0.2, 0) is 16.0 Å². The molecule has 0 radical (unpaired) electrons. The molecule has 0 saturated carbocycles. The van der Waals surface area contributed by atoms with Gasteiger partial charge in [-0.25, -0.2) is 0 Å². The number of carbonyl (C=O) groups is 1. The number of amides is 1. The van der Waals surface area contributed by atoms with Gasteiger partial charge in [-0.05, 0) is 25.0 Å². The summed E-state index contributed by atoms with van der Waals surface area (Å²) < 4.78 is 4.88. The minimum atomic E-state index is -0.369. The van der Waals surface area contributed by atoms with Crippen molar-refractivity contribution >= 4 is 11.6 Å². The molecule has 0 spiro atoms. The second-order valence-electron chi connectivity index (χ2n) is 4.99. The van der Waals surface area contributed by atoms with E-state index in [2.05, 4.69) is 18.3 Å². The number of para-hydroxylation sites is 1. The van der Waals surface area contributed by atoms with Gasteiger partial charge in [-0.15, -0.1) is 0 Å². The van der Waals surface area contributed by atoms with Gasteiger partial charge in [0.1, 0.15) is 11.6 Å². The fourth-order valence-electron chi connectivity index (χ4n) is 2.43. The second kappa shape index (κ2) is 6.91. The van der Waals surface area contributed by atoms with Gasteiger partial charge in [-0.3, -0.25) is 4.79 Å². The van der Waals surface area contributed by atoms with Crippen LogP contribution in [0.5, 0.6) is 0 Å². The number of anilines is 1. The third-order valence-electron chi connectivity index (χ3n) is 3.48. The summed E-state index contributed by atoms with van der Waals surface area (Å²) in [5.41, 5.74) is 2.40. The van der Waals surface area contributed by atoms with Crippen molar-refractivity contribution in [1.82, 2.24) is 5.32 Å².